The molecule has 0 aliphatic carbocycles. The minimum absolute atomic E-state index is 0.117. The molecule has 1 N–H and O–H groups in total. The topological polar surface area (TPSA) is 64.6 Å². The summed E-state index contributed by atoms with van der Waals surface area (Å²) in [6.45, 7) is 4.59. The number of hydrogen-bond acceptors (Lipinski definition) is 4. The number of rotatable bonds is 7. The van der Waals surface area contributed by atoms with E-state index in [-0.39, 0.29) is 4.90 Å². The molecule has 0 saturated heterocycles. The Kier molecular flexibility index (Phi) is 5.74. The summed E-state index contributed by atoms with van der Waals surface area (Å²) in [5.74, 6) is 0.998. The van der Waals surface area contributed by atoms with Crippen molar-refractivity contribution in [1.29, 1.82) is 0 Å². The molecule has 0 radical (unpaired) electrons. The summed E-state index contributed by atoms with van der Waals surface area (Å²) in [5.41, 5.74) is 0.327. The van der Waals surface area contributed by atoms with Crippen molar-refractivity contribution in [2.75, 3.05) is 17.9 Å². The zero-order valence-corrected chi connectivity index (χ0v) is 14.4. The average molecular weight is 356 g/mol. The average Bonchev–Trinajstić information content (AvgIpc) is 2.50. The first-order valence-corrected chi connectivity index (χ1v) is 9.00. The fourth-order valence-electron chi connectivity index (χ4n) is 1.94. The maximum absolute atomic E-state index is 12.5. The van der Waals surface area contributed by atoms with Gasteiger partial charge in [-0.25, -0.2) is 8.42 Å². The van der Waals surface area contributed by atoms with Crippen LogP contribution in [-0.4, -0.2) is 21.6 Å². The maximum Gasteiger partial charge on any atom is 0.262 e. The molecule has 0 heterocycles. The lowest BCUT2D eigenvalue weighted by Crippen LogP contribution is -2.14. The lowest BCUT2D eigenvalue weighted by atomic mass is 10.3. The monoisotopic (exact) mass is 355 g/mol. The van der Waals surface area contributed by atoms with Crippen LogP contribution in [0.4, 0.5) is 5.69 Å². The molecule has 0 unspecified atom stereocenters. The largest absolute Gasteiger partial charge is 0.494 e. The fraction of sp³-hybridized carbons (Fsp3) is 0.250. The van der Waals surface area contributed by atoms with Crippen LogP contribution in [0.3, 0.4) is 0 Å². The van der Waals surface area contributed by atoms with Crippen molar-refractivity contribution in [2.24, 2.45) is 0 Å². The quantitative estimate of drug-likeness (QED) is 0.817. The standard InChI is InChI=1S/C16H18ClNO4S/c1-3-21-13-7-10-16(22-4-2)15(11-13)18-23(19,20)14-8-5-12(17)6-9-14/h5-11,18H,3-4H2,1-2H3. The molecule has 0 atom stereocenters. The highest BCUT2D eigenvalue weighted by atomic mass is 35.5. The minimum Gasteiger partial charge on any atom is -0.494 e. The highest BCUT2D eigenvalue weighted by Crippen LogP contribution is 2.31. The van der Waals surface area contributed by atoms with Crippen molar-refractivity contribution in [3.8, 4) is 11.5 Å². The molecule has 2 rings (SSSR count). The van der Waals surface area contributed by atoms with Gasteiger partial charge in [0, 0.05) is 11.1 Å². The molecule has 2 aromatic rings. The lowest BCUT2D eigenvalue weighted by molar-refractivity contribution is 0.332. The summed E-state index contributed by atoms with van der Waals surface area (Å²) < 4.78 is 38.4. The van der Waals surface area contributed by atoms with Crippen molar-refractivity contribution in [3.05, 3.63) is 47.5 Å². The number of ether oxygens (including phenoxy) is 2. The second kappa shape index (κ2) is 7.57. The van der Waals surface area contributed by atoms with Gasteiger partial charge in [-0.3, -0.25) is 4.72 Å². The van der Waals surface area contributed by atoms with Gasteiger partial charge in [0.15, 0.2) is 0 Å². The Labute approximate surface area is 141 Å². The molecule has 0 amide bonds. The molecule has 0 aliphatic rings. The Morgan fingerprint density at radius 2 is 1.65 bits per heavy atom. The summed E-state index contributed by atoms with van der Waals surface area (Å²) in [6.07, 6.45) is 0. The molecule has 0 bridgehead atoms. The number of benzene rings is 2. The zero-order chi connectivity index (χ0) is 16.9. The lowest BCUT2D eigenvalue weighted by Gasteiger charge is -2.14. The summed E-state index contributed by atoms with van der Waals surface area (Å²) in [5, 5.41) is 0.470. The van der Waals surface area contributed by atoms with E-state index in [2.05, 4.69) is 4.72 Å². The van der Waals surface area contributed by atoms with Crippen molar-refractivity contribution >= 4 is 27.3 Å². The van der Waals surface area contributed by atoms with Crippen LogP contribution in [-0.2, 0) is 10.0 Å². The third kappa shape index (κ3) is 4.53. The molecule has 2 aromatic carbocycles. The number of nitrogens with one attached hydrogen (secondary N) is 1. The molecule has 0 fully saturated rings. The van der Waals surface area contributed by atoms with Crippen LogP contribution in [0.2, 0.25) is 5.02 Å². The highest BCUT2D eigenvalue weighted by Gasteiger charge is 2.17. The fourth-order valence-corrected chi connectivity index (χ4v) is 3.13. The SMILES string of the molecule is CCOc1ccc(OCC)c(NS(=O)(=O)c2ccc(Cl)cc2)c1. The normalized spacial score (nSPS) is 11.1. The molecule has 23 heavy (non-hydrogen) atoms. The maximum atomic E-state index is 12.5. The molecular formula is C16H18ClNO4S. The van der Waals surface area contributed by atoms with E-state index in [9.17, 15) is 8.42 Å². The summed E-state index contributed by atoms with van der Waals surface area (Å²) in [6, 6.07) is 10.9. The Morgan fingerprint density at radius 1 is 1.00 bits per heavy atom. The first-order chi connectivity index (χ1) is 11.0. The Bertz CT molecular complexity index is 760. The van der Waals surface area contributed by atoms with E-state index in [4.69, 9.17) is 21.1 Å². The third-order valence-corrected chi connectivity index (χ3v) is 4.56. The van der Waals surface area contributed by atoms with E-state index < -0.39 is 10.0 Å². The van der Waals surface area contributed by atoms with Gasteiger partial charge in [0.05, 0.1) is 23.8 Å². The van der Waals surface area contributed by atoms with Gasteiger partial charge >= 0.3 is 0 Å². The van der Waals surface area contributed by atoms with Crippen molar-refractivity contribution in [1.82, 2.24) is 0 Å². The molecule has 124 valence electrons. The van der Waals surface area contributed by atoms with Gasteiger partial charge in [-0.2, -0.15) is 0 Å². The van der Waals surface area contributed by atoms with Crippen LogP contribution in [0.25, 0.3) is 0 Å². The molecule has 0 saturated carbocycles. The first kappa shape index (κ1) is 17.4. The smallest absolute Gasteiger partial charge is 0.262 e. The van der Waals surface area contributed by atoms with Crippen LogP contribution in [0.15, 0.2) is 47.4 Å². The number of sulfonamides is 1. The predicted octanol–water partition coefficient (Wildman–Crippen LogP) is 3.94. The van der Waals surface area contributed by atoms with Crippen LogP contribution in [0.5, 0.6) is 11.5 Å². The molecular weight excluding hydrogens is 338 g/mol. The number of anilines is 1. The van der Waals surface area contributed by atoms with E-state index in [0.29, 0.717) is 35.4 Å². The van der Waals surface area contributed by atoms with E-state index in [1.54, 1.807) is 18.2 Å². The second-order valence-electron chi connectivity index (χ2n) is 4.58. The van der Waals surface area contributed by atoms with Gasteiger partial charge in [-0.1, -0.05) is 11.6 Å². The van der Waals surface area contributed by atoms with Gasteiger partial charge in [-0.05, 0) is 50.2 Å². The molecule has 0 aliphatic heterocycles. The Hall–Kier alpha value is -1.92. The van der Waals surface area contributed by atoms with E-state index in [0.717, 1.165) is 0 Å². The first-order valence-electron chi connectivity index (χ1n) is 7.14. The highest BCUT2D eigenvalue weighted by molar-refractivity contribution is 7.92. The van der Waals surface area contributed by atoms with Crippen LogP contribution in [0, 0.1) is 0 Å². The number of hydrogen-bond donors (Lipinski definition) is 1. The zero-order valence-electron chi connectivity index (χ0n) is 12.9. The summed E-state index contributed by atoms with van der Waals surface area (Å²) in [7, 11) is -3.75. The third-order valence-electron chi connectivity index (χ3n) is 2.93. The van der Waals surface area contributed by atoms with Gasteiger partial charge in [-0.15, -0.1) is 0 Å². The predicted molar refractivity (Wildman–Crippen MR) is 91.0 cm³/mol. The molecule has 0 spiro atoms. The van der Waals surface area contributed by atoms with Crippen molar-refractivity contribution in [3.63, 3.8) is 0 Å². The minimum atomic E-state index is -3.75. The van der Waals surface area contributed by atoms with E-state index in [1.165, 1.54) is 24.3 Å². The van der Waals surface area contributed by atoms with E-state index >= 15 is 0 Å². The second-order valence-corrected chi connectivity index (χ2v) is 6.70. The van der Waals surface area contributed by atoms with Gasteiger partial charge in [0.1, 0.15) is 11.5 Å². The van der Waals surface area contributed by atoms with Gasteiger partial charge in [0.2, 0.25) is 0 Å². The van der Waals surface area contributed by atoms with Crippen LogP contribution in [0.1, 0.15) is 13.8 Å². The summed E-state index contributed by atoms with van der Waals surface area (Å²) >= 11 is 5.79. The van der Waals surface area contributed by atoms with Gasteiger partial charge in [0.25, 0.3) is 10.0 Å². The van der Waals surface area contributed by atoms with E-state index in [1.807, 2.05) is 13.8 Å². The Balaban J connectivity index is 2.36. The van der Waals surface area contributed by atoms with Crippen molar-refractivity contribution in [2.45, 2.75) is 18.7 Å². The van der Waals surface area contributed by atoms with Gasteiger partial charge < -0.3 is 9.47 Å². The molecule has 7 heteroatoms. The van der Waals surface area contributed by atoms with Crippen LogP contribution < -0.4 is 14.2 Å². The number of halogens is 1. The molecule has 5 nitrogen and oxygen atoms in total. The molecule has 0 aromatic heterocycles. The summed E-state index contributed by atoms with van der Waals surface area (Å²) in [4.78, 5) is 0.117. The Morgan fingerprint density at radius 3 is 2.26 bits per heavy atom. The van der Waals surface area contributed by atoms with Crippen molar-refractivity contribution < 1.29 is 17.9 Å². The van der Waals surface area contributed by atoms with Crippen LogP contribution >= 0.6 is 11.6 Å².